The molecule has 1 heterocycles. The van der Waals surface area contributed by atoms with Crippen LogP contribution >= 0.6 is 0 Å². The van der Waals surface area contributed by atoms with Gasteiger partial charge in [0, 0.05) is 17.6 Å². The highest BCUT2D eigenvalue weighted by Gasteiger charge is 2.11. The van der Waals surface area contributed by atoms with E-state index in [1.165, 1.54) is 0 Å². The number of hydrogen-bond acceptors (Lipinski definition) is 3. The van der Waals surface area contributed by atoms with Gasteiger partial charge >= 0.3 is 0 Å². The Labute approximate surface area is 102 Å². The smallest absolute Gasteiger partial charge is 0.223 e. The van der Waals surface area contributed by atoms with E-state index >= 15 is 0 Å². The minimum atomic E-state index is 0.427. The second-order valence-electron chi connectivity index (χ2n) is 4.66. The van der Waals surface area contributed by atoms with Crippen molar-refractivity contribution in [2.24, 2.45) is 5.92 Å². The van der Waals surface area contributed by atoms with Gasteiger partial charge in [0.25, 0.3) is 0 Å². The molecule has 17 heavy (non-hydrogen) atoms. The van der Waals surface area contributed by atoms with E-state index in [1.54, 1.807) is 0 Å². The summed E-state index contributed by atoms with van der Waals surface area (Å²) >= 11 is 0. The molecule has 1 atom stereocenters. The zero-order chi connectivity index (χ0) is 12.3. The second-order valence-corrected chi connectivity index (χ2v) is 4.66. The van der Waals surface area contributed by atoms with Crippen molar-refractivity contribution in [2.45, 2.75) is 33.2 Å². The van der Waals surface area contributed by atoms with E-state index in [-0.39, 0.29) is 0 Å². The molecule has 0 radical (unpaired) electrons. The molecular weight excluding hydrogens is 210 g/mol. The zero-order valence-corrected chi connectivity index (χ0v) is 10.6. The van der Waals surface area contributed by atoms with Crippen molar-refractivity contribution in [3.63, 3.8) is 0 Å². The summed E-state index contributed by atoms with van der Waals surface area (Å²) in [6, 6.07) is 8.47. The van der Waals surface area contributed by atoms with E-state index in [4.69, 9.17) is 0 Å². The van der Waals surface area contributed by atoms with Crippen molar-refractivity contribution in [3.8, 4) is 0 Å². The summed E-state index contributed by atoms with van der Waals surface area (Å²) in [6.07, 6.45) is 2.95. The summed E-state index contributed by atoms with van der Waals surface area (Å²) in [7, 11) is 0. The van der Waals surface area contributed by atoms with Gasteiger partial charge in [0.2, 0.25) is 5.95 Å². The van der Waals surface area contributed by atoms with Gasteiger partial charge in [-0.25, -0.2) is 9.97 Å². The molecular formula is C14H19N3. The Bertz CT molecular complexity index is 494. The van der Waals surface area contributed by atoms with E-state index in [9.17, 15) is 0 Å². The molecule has 0 bridgehead atoms. The fraction of sp³-hybridized carbons (Fsp3) is 0.429. The Hall–Kier alpha value is -1.64. The van der Waals surface area contributed by atoms with Crippen molar-refractivity contribution >= 4 is 16.9 Å². The number of rotatable bonds is 4. The lowest BCUT2D eigenvalue weighted by Gasteiger charge is -2.20. The van der Waals surface area contributed by atoms with Crippen LogP contribution in [0.5, 0.6) is 0 Å². The Morgan fingerprint density at radius 1 is 1.24 bits per heavy atom. The average Bonchev–Trinajstić information content (AvgIpc) is 2.35. The maximum absolute atomic E-state index is 4.52. The summed E-state index contributed by atoms with van der Waals surface area (Å²) in [6.45, 7) is 6.60. The normalized spacial score (nSPS) is 12.9. The van der Waals surface area contributed by atoms with Crippen LogP contribution in [0.15, 0.2) is 30.5 Å². The van der Waals surface area contributed by atoms with Gasteiger partial charge in [0.15, 0.2) is 0 Å². The van der Waals surface area contributed by atoms with Gasteiger partial charge in [-0.05, 0) is 18.4 Å². The first-order valence-electron chi connectivity index (χ1n) is 6.19. The molecule has 0 amide bonds. The third-order valence-electron chi connectivity index (χ3n) is 3.05. The molecule has 3 nitrogen and oxygen atoms in total. The lowest BCUT2D eigenvalue weighted by Crippen LogP contribution is -2.25. The zero-order valence-electron chi connectivity index (χ0n) is 10.6. The number of benzene rings is 1. The van der Waals surface area contributed by atoms with Crippen molar-refractivity contribution in [1.82, 2.24) is 9.97 Å². The third kappa shape index (κ3) is 2.73. The van der Waals surface area contributed by atoms with Gasteiger partial charge < -0.3 is 5.32 Å². The summed E-state index contributed by atoms with van der Waals surface area (Å²) in [4.78, 5) is 8.88. The molecule has 0 aliphatic heterocycles. The van der Waals surface area contributed by atoms with Crippen molar-refractivity contribution < 1.29 is 0 Å². The predicted molar refractivity (Wildman–Crippen MR) is 72.1 cm³/mol. The Kier molecular flexibility index (Phi) is 3.57. The first-order valence-corrected chi connectivity index (χ1v) is 6.19. The highest BCUT2D eigenvalue weighted by atomic mass is 15.1. The summed E-state index contributed by atoms with van der Waals surface area (Å²) < 4.78 is 0. The number of anilines is 1. The Balaban J connectivity index is 2.24. The standard InChI is InChI=1S/C14H19N3/c1-4-12(10(2)3)16-14-15-9-11-7-5-6-8-13(11)17-14/h5-10,12H,4H2,1-3H3,(H,15,16,17). The van der Waals surface area contributed by atoms with Gasteiger partial charge in [0.05, 0.1) is 5.52 Å². The molecule has 0 spiro atoms. The molecule has 0 saturated heterocycles. The average molecular weight is 229 g/mol. The fourth-order valence-electron chi connectivity index (χ4n) is 1.95. The lowest BCUT2D eigenvalue weighted by atomic mass is 10.0. The van der Waals surface area contributed by atoms with E-state index in [0.717, 1.165) is 23.3 Å². The van der Waals surface area contributed by atoms with Gasteiger partial charge in [-0.2, -0.15) is 0 Å². The molecule has 1 aromatic carbocycles. The van der Waals surface area contributed by atoms with Gasteiger partial charge in [-0.1, -0.05) is 39.0 Å². The van der Waals surface area contributed by atoms with E-state index in [2.05, 4.69) is 36.1 Å². The molecule has 3 heteroatoms. The van der Waals surface area contributed by atoms with E-state index in [0.29, 0.717) is 12.0 Å². The number of fused-ring (bicyclic) bond motifs is 1. The summed E-state index contributed by atoms with van der Waals surface area (Å²) in [5.74, 6) is 1.30. The quantitative estimate of drug-likeness (QED) is 0.872. The molecule has 2 rings (SSSR count). The second kappa shape index (κ2) is 5.13. The van der Waals surface area contributed by atoms with Crippen LogP contribution in [0.2, 0.25) is 0 Å². The minimum absolute atomic E-state index is 0.427. The monoisotopic (exact) mass is 229 g/mol. The topological polar surface area (TPSA) is 37.8 Å². The fourth-order valence-corrected chi connectivity index (χ4v) is 1.95. The number of hydrogen-bond donors (Lipinski definition) is 1. The number of nitrogens with zero attached hydrogens (tertiary/aromatic N) is 2. The molecule has 2 aromatic rings. The van der Waals surface area contributed by atoms with Crippen LogP contribution in [-0.2, 0) is 0 Å². The van der Waals surface area contributed by atoms with Crippen LogP contribution in [0.25, 0.3) is 10.9 Å². The third-order valence-corrected chi connectivity index (χ3v) is 3.05. The minimum Gasteiger partial charge on any atom is -0.351 e. The molecule has 1 unspecified atom stereocenters. The Morgan fingerprint density at radius 2 is 2.00 bits per heavy atom. The van der Waals surface area contributed by atoms with Gasteiger partial charge in [-0.15, -0.1) is 0 Å². The van der Waals surface area contributed by atoms with E-state index < -0.39 is 0 Å². The van der Waals surface area contributed by atoms with Crippen molar-refractivity contribution in [1.29, 1.82) is 0 Å². The molecule has 0 fully saturated rings. The highest BCUT2D eigenvalue weighted by Crippen LogP contribution is 2.15. The largest absolute Gasteiger partial charge is 0.351 e. The molecule has 0 saturated carbocycles. The maximum atomic E-state index is 4.52. The van der Waals surface area contributed by atoms with Crippen molar-refractivity contribution in [3.05, 3.63) is 30.5 Å². The van der Waals surface area contributed by atoms with Gasteiger partial charge in [-0.3, -0.25) is 0 Å². The first kappa shape index (κ1) is 11.8. The van der Waals surface area contributed by atoms with Crippen LogP contribution in [0.3, 0.4) is 0 Å². The van der Waals surface area contributed by atoms with Gasteiger partial charge in [0.1, 0.15) is 0 Å². The molecule has 1 aromatic heterocycles. The highest BCUT2D eigenvalue weighted by molar-refractivity contribution is 5.78. The number of para-hydroxylation sites is 1. The van der Waals surface area contributed by atoms with Crippen LogP contribution < -0.4 is 5.32 Å². The maximum Gasteiger partial charge on any atom is 0.223 e. The number of nitrogens with one attached hydrogen (secondary N) is 1. The lowest BCUT2D eigenvalue weighted by molar-refractivity contribution is 0.508. The van der Waals surface area contributed by atoms with E-state index in [1.807, 2.05) is 30.5 Å². The molecule has 0 aliphatic carbocycles. The molecule has 90 valence electrons. The van der Waals surface area contributed by atoms with Crippen molar-refractivity contribution in [2.75, 3.05) is 5.32 Å². The summed E-state index contributed by atoms with van der Waals surface area (Å²) in [5, 5.41) is 4.48. The number of aromatic nitrogens is 2. The van der Waals surface area contributed by atoms with Crippen LogP contribution in [0, 0.1) is 5.92 Å². The molecule has 0 aliphatic rings. The van der Waals surface area contributed by atoms with Crippen LogP contribution in [0.1, 0.15) is 27.2 Å². The predicted octanol–water partition coefficient (Wildman–Crippen LogP) is 3.48. The molecule has 1 N–H and O–H groups in total. The summed E-state index contributed by atoms with van der Waals surface area (Å²) in [5.41, 5.74) is 0.989. The SMILES string of the molecule is CCC(Nc1ncc2ccccc2n1)C(C)C. The van der Waals surface area contributed by atoms with Crippen LogP contribution in [0.4, 0.5) is 5.95 Å². The first-order chi connectivity index (χ1) is 8.20. The van der Waals surface area contributed by atoms with Crippen LogP contribution in [-0.4, -0.2) is 16.0 Å². The Morgan fingerprint density at radius 3 is 2.71 bits per heavy atom.